The highest BCUT2D eigenvalue weighted by Crippen LogP contribution is 2.43. The lowest BCUT2D eigenvalue weighted by atomic mass is 9.99. The third-order valence-electron chi connectivity index (χ3n) is 13.9. The molecule has 6 heteroatoms. The molecule has 15 aromatic rings. The second-order valence-corrected chi connectivity index (χ2v) is 17.7. The first kappa shape index (κ1) is 37.0. The van der Waals surface area contributed by atoms with Crippen molar-refractivity contribution in [3.8, 4) is 45.1 Å². The number of nitrogens with zero attached hydrogens (tertiary/aromatic N) is 4. The molecule has 0 amide bonds. The number of hydrogen-bond donors (Lipinski definition) is 0. The van der Waals surface area contributed by atoms with Crippen LogP contribution >= 0.6 is 0 Å². The van der Waals surface area contributed by atoms with Gasteiger partial charge in [0, 0.05) is 60.2 Å². The Morgan fingerprint density at radius 3 is 1.68 bits per heavy atom. The first-order valence-electron chi connectivity index (χ1n) is 23.0. The number of fused-ring (bicyclic) bond motifs is 14. The molecular weight excluding hydrogens is 833 g/mol. The van der Waals surface area contributed by atoms with Crippen LogP contribution in [-0.4, -0.2) is 19.1 Å². The molecule has 0 aliphatic heterocycles. The van der Waals surface area contributed by atoms with Gasteiger partial charge in [-0.3, -0.25) is 0 Å². The molecule has 10 aromatic carbocycles. The predicted octanol–water partition coefficient (Wildman–Crippen LogP) is 16.6. The van der Waals surface area contributed by atoms with Crippen LogP contribution < -0.4 is 0 Å². The molecular formula is C62H36N4O2. The lowest BCUT2D eigenvalue weighted by molar-refractivity contribution is 0.653. The van der Waals surface area contributed by atoms with Crippen molar-refractivity contribution in [2.75, 3.05) is 0 Å². The number of hydrogen-bond acceptors (Lipinski definition) is 4. The van der Waals surface area contributed by atoms with E-state index in [2.05, 4.69) is 185 Å². The molecule has 6 nitrogen and oxygen atoms in total. The third-order valence-corrected chi connectivity index (χ3v) is 13.9. The van der Waals surface area contributed by atoms with Crippen LogP contribution in [0.25, 0.3) is 144 Å². The highest BCUT2D eigenvalue weighted by molar-refractivity contribution is 6.23. The summed E-state index contributed by atoms with van der Waals surface area (Å²) in [7, 11) is 0. The maximum absolute atomic E-state index is 6.46. The van der Waals surface area contributed by atoms with E-state index in [1.165, 1.54) is 32.6 Å². The van der Waals surface area contributed by atoms with Crippen molar-refractivity contribution in [2.45, 2.75) is 0 Å². The molecule has 0 radical (unpaired) electrons. The minimum absolute atomic E-state index is 0.563. The third kappa shape index (κ3) is 5.40. The van der Waals surface area contributed by atoms with E-state index in [0.29, 0.717) is 11.5 Å². The Labute approximate surface area is 388 Å². The van der Waals surface area contributed by atoms with Gasteiger partial charge in [-0.25, -0.2) is 4.98 Å². The average molecular weight is 869 g/mol. The minimum atomic E-state index is 0.563. The van der Waals surface area contributed by atoms with Gasteiger partial charge >= 0.3 is 0 Å². The van der Waals surface area contributed by atoms with E-state index in [1.54, 1.807) is 0 Å². The number of furan rings is 2. The van der Waals surface area contributed by atoms with Crippen LogP contribution in [0.1, 0.15) is 0 Å². The van der Waals surface area contributed by atoms with E-state index < -0.39 is 0 Å². The van der Waals surface area contributed by atoms with Crippen molar-refractivity contribution in [1.82, 2.24) is 19.1 Å². The van der Waals surface area contributed by atoms with Gasteiger partial charge in [0.15, 0.2) is 5.82 Å². The standard InChI is InChI=1S/C62H36N4O2/c1-3-14-37(15-4-1)60-59-48-22-9-12-25-56(48)68-62(59)64-61(63-60)41-16-13-19-43(32-41)66-53-35-39(38-26-29-45-44-20-7-10-23-51(44)65(52(45)34-38)42-17-5-2-6-18-42)27-30-46(53)50-33-40-28-31-57-58(49(40)36-54(50)66)47-21-8-11-24-55(47)67-57/h1-36H. The van der Waals surface area contributed by atoms with E-state index in [1.807, 2.05) is 42.5 Å². The van der Waals surface area contributed by atoms with Crippen molar-refractivity contribution in [2.24, 2.45) is 0 Å². The van der Waals surface area contributed by atoms with Crippen molar-refractivity contribution >= 4 is 98.4 Å². The molecule has 5 heterocycles. The summed E-state index contributed by atoms with van der Waals surface area (Å²) in [6.07, 6.45) is 0. The fourth-order valence-corrected chi connectivity index (χ4v) is 10.9. The minimum Gasteiger partial charge on any atom is -0.456 e. The van der Waals surface area contributed by atoms with Gasteiger partial charge in [-0.2, -0.15) is 4.98 Å². The zero-order chi connectivity index (χ0) is 44.5. The van der Waals surface area contributed by atoms with Gasteiger partial charge < -0.3 is 18.0 Å². The first-order valence-corrected chi connectivity index (χ1v) is 23.0. The van der Waals surface area contributed by atoms with Crippen LogP contribution in [0.5, 0.6) is 0 Å². The molecule has 0 bridgehead atoms. The molecule has 15 rings (SSSR count). The topological polar surface area (TPSA) is 61.9 Å². The van der Waals surface area contributed by atoms with Gasteiger partial charge in [0.25, 0.3) is 0 Å². The summed E-state index contributed by atoms with van der Waals surface area (Å²) in [4.78, 5) is 10.5. The Morgan fingerprint density at radius 2 is 0.897 bits per heavy atom. The molecule has 0 N–H and O–H groups in total. The maximum atomic E-state index is 6.46. The molecule has 0 saturated heterocycles. The van der Waals surface area contributed by atoms with Crippen molar-refractivity contribution in [1.29, 1.82) is 0 Å². The quantitative estimate of drug-likeness (QED) is 0.173. The number of para-hydroxylation sites is 4. The molecule has 0 unspecified atom stereocenters. The van der Waals surface area contributed by atoms with Crippen LogP contribution in [0.3, 0.4) is 0 Å². The summed E-state index contributed by atoms with van der Waals surface area (Å²) < 4.78 is 17.7. The summed E-state index contributed by atoms with van der Waals surface area (Å²) >= 11 is 0. The second-order valence-electron chi connectivity index (χ2n) is 17.7. The Hall–Kier alpha value is -9.26. The van der Waals surface area contributed by atoms with Gasteiger partial charge in [0.1, 0.15) is 16.7 Å². The Kier molecular flexibility index (Phi) is 7.69. The summed E-state index contributed by atoms with van der Waals surface area (Å²) in [5.41, 5.74) is 14.8. The van der Waals surface area contributed by atoms with Gasteiger partial charge in [-0.15, -0.1) is 0 Å². The molecule has 0 atom stereocenters. The number of aromatic nitrogens is 4. The molecule has 0 fully saturated rings. The lowest BCUT2D eigenvalue weighted by Crippen LogP contribution is -1.97. The highest BCUT2D eigenvalue weighted by atomic mass is 16.3. The molecule has 0 aliphatic rings. The molecule has 68 heavy (non-hydrogen) atoms. The monoisotopic (exact) mass is 868 g/mol. The van der Waals surface area contributed by atoms with E-state index in [-0.39, 0.29) is 0 Å². The Balaban J connectivity index is 0.986. The zero-order valence-electron chi connectivity index (χ0n) is 36.4. The maximum Gasteiger partial charge on any atom is 0.231 e. The smallest absolute Gasteiger partial charge is 0.231 e. The average Bonchev–Trinajstić information content (AvgIpc) is 4.15. The molecule has 5 aromatic heterocycles. The Bertz CT molecular complexity index is 4560. The molecule has 316 valence electrons. The lowest BCUT2D eigenvalue weighted by Gasteiger charge is -2.12. The van der Waals surface area contributed by atoms with E-state index >= 15 is 0 Å². The van der Waals surface area contributed by atoms with Crippen LogP contribution in [0, 0.1) is 0 Å². The predicted molar refractivity (Wildman–Crippen MR) is 279 cm³/mol. The highest BCUT2D eigenvalue weighted by Gasteiger charge is 2.22. The molecule has 0 spiro atoms. The summed E-state index contributed by atoms with van der Waals surface area (Å²) in [6, 6.07) is 77.6. The number of rotatable bonds is 5. The van der Waals surface area contributed by atoms with Crippen molar-refractivity contribution in [3.05, 3.63) is 218 Å². The van der Waals surface area contributed by atoms with Crippen molar-refractivity contribution in [3.63, 3.8) is 0 Å². The van der Waals surface area contributed by atoms with E-state index in [0.717, 1.165) is 99.4 Å². The summed E-state index contributed by atoms with van der Waals surface area (Å²) in [6.45, 7) is 0. The van der Waals surface area contributed by atoms with Crippen molar-refractivity contribution < 1.29 is 8.83 Å². The fourth-order valence-electron chi connectivity index (χ4n) is 10.9. The normalized spacial score (nSPS) is 12.1. The van der Waals surface area contributed by atoms with E-state index in [4.69, 9.17) is 18.8 Å². The molecule has 0 saturated carbocycles. The first-order chi connectivity index (χ1) is 33.7. The number of benzene rings is 10. The zero-order valence-corrected chi connectivity index (χ0v) is 36.4. The second kappa shape index (κ2) is 14.1. The Morgan fingerprint density at radius 1 is 0.309 bits per heavy atom. The fraction of sp³-hybridized carbons (Fsp3) is 0. The van der Waals surface area contributed by atoms with Crippen LogP contribution in [0.4, 0.5) is 0 Å². The van der Waals surface area contributed by atoms with E-state index in [9.17, 15) is 0 Å². The largest absolute Gasteiger partial charge is 0.456 e. The van der Waals surface area contributed by atoms with Gasteiger partial charge in [0.2, 0.25) is 5.71 Å². The van der Waals surface area contributed by atoms with Crippen LogP contribution in [-0.2, 0) is 0 Å². The molecule has 0 aliphatic carbocycles. The SMILES string of the molecule is c1ccc(-c2nc(-c3cccc(-n4c5cc(-c6ccc7c8ccccc8n(-c8ccccc8)c7c6)ccc5c5cc6ccc7oc8ccccc8c7c6cc54)c3)nc3oc4ccccc4c23)cc1. The van der Waals surface area contributed by atoms with Crippen LogP contribution in [0.15, 0.2) is 227 Å². The van der Waals surface area contributed by atoms with Gasteiger partial charge in [-0.05, 0) is 94.7 Å². The van der Waals surface area contributed by atoms with Gasteiger partial charge in [0.05, 0.1) is 33.1 Å². The van der Waals surface area contributed by atoms with Crippen LogP contribution in [0.2, 0.25) is 0 Å². The summed E-state index contributed by atoms with van der Waals surface area (Å²) in [5.74, 6) is 0.595. The van der Waals surface area contributed by atoms with Gasteiger partial charge in [-0.1, -0.05) is 146 Å². The summed E-state index contributed by atoms with van der Waals surface area (Å²) in [5, 5.41) is 11.2.